The summed E-state index contributed by atoms with van der Waals surface area (Å²) in [6.07, 6.45) is 8.97. The van der Waals surface area contributed by atoms with Crippen LogP contribution in [0.25, 0.3) is 21.5 Å². The van der Waals surface area contributed by atoms with Gasteiger partial charge in [-0.25, -0.2) is 4.79 Å². The minimum absolute atomic E-state index is 0.181. The van der Waals surface area contributed by atoms with E-state index in [2.05, 4.69) is 82.3 Å². The van der Waals surface area contributed by atoms with Gasteiger partial charge in [-0.3, -0.25) is 0 Å². The molecule has 0 bridgehead atoms. The molecule has 0 radical (unpaired) electrons. The summed E-state index contributed by atoms with van der Waals surface area (Å²) in [5, 5.41) is 4.67. The lowest BCUT2D eigenvalue weighted by molar-refractivity contribution is 0.0631. The minimum Gasteiger partial charge on any atom is -0.444 e. The molecule has 0 aliphatic rings. The number of carbonyl (C=O) groups excluding carboxylic acids is 1. The molecule has 3 aromatic rings. The Balaban J connectivity index is 1.82. The van der Waals surface area contributed by atoms with E-state index in [1.165, 1.54) is 36.5 Å². The highest BCUT2D eigenvalue weighted by Gasteiger charge is 2.26. The molecule has 33 heavy (non-hydrogen) atoms. The first-order valence-corrected chi connectivity index (χ1v) is 12.9. The number of carbonyl (C=O) groups is 1. The standard InChI is InChI=1S/C30H41NO2/c1-5-7-9-15-23(3)31(24(4)16-10-8-6-2)30(32)33-22-29-27-19-13-11-17-25(27)21-26-18-12-14-20-28(26)29/h11-14,17-21,23-24H,5-10,15-16,22H2,1-4H3. The van der Waals surface area contributed by atoms with Crippen molar-refractivity contribution in [2.75, 3.05) is 0 Å². The van der Waals surface area contributed by atoms with E-state index in [0.717, 1.165) is 42.0 Å². The van der Waals surface area contributed by atoms with Crippen LogP contribution in [0.15, 0.2) is 54.6 Å². The highest BCUT2D eigenvalue weighted by atomic mass is 16.6. The van der Waals surface area contributed by atoms with Crippen LogP contribution in [-0.2, 0) is 11.3 Å². The average molecular weight is 448 g/mol. The lowest BCUT2D eigenvalue weighted by Crippen LogP contribution is -2.45. The van der Waals surface area contributed by atoms with Crippen molar-refractivity contribution in [3.63, 3.8) is 0 Å². The lowest BCUT2D eigenvalue weighted by Gasteiger charge is -2.34. The molecule has 3 heteroatoms. The topological polar surface area (TPSA) is 29.5 Å². The molecule has 1 amide bonds. The van der Waals surface area contributed by atoms with Crippen molar-refractivity contribution in [1.82, 2.24) is 4.90 Å². The van der Waals surface area contributed by atoms with Gasteiger partial charge in [0.15, 0.2) is 0 Å². The highest BCUT2D eigenvalue weighted by molar-refractivity contribution is 6.02. The average Bonchev–Trinajstić information content (AvgIpc) is 2.82. The third kappa shape index (κ3) is 6.50. The van der Waals surface area contributed by atoms with Crippen LogP contribution in [0.3, 0.4) is 0 Å². The zero-order valence-corrected chi connectivity index (χ0v) is 21.0. The summed E-state index contributed by atoms with van der Waals surface area (Å²) in [4.78, 5) is 15.5. The molecule has 0 aliphatic heterocycles. The van der Waals surface area contributed by atoms with Gasteiger partial charge in [-0.05, 0) is 54.3 Å². The largest absolute Gasteiger partial charge is 0.444 e. The number of nitrogens with zero attached hydrogens (tertiary/aromatic N) is 1. The van der Waals surface area contributed by atoms with E-state index in [9.17, 15) is 4.79 Å². The Morgan fingerprint density at radius 3 is 1.76 bits per heavy atom. The molecule has 0 aromatic heterocycles. The molecule has 2 atom stereocenters. The first kappa shape index (κ1) is 25.1. The van der Waals surface area contributed by atoms with Crippen LogP contribution >= 0.6 is 0 Å². The van der Waals surface area contributed by atoms with E-state index >= 15 is 0 Å². The normalized spacial score (nSPS) is 13.2. The van der Waals surface area contributed by atoms with Gasteiger partial charge in [0.2, 0.25) is 0 Å². The molecule has 3 rings (SSSR count). The van der Waals surface area contributed by atoms with E-state index in [4.69, 9.17) is 4.74 Å². The first-order valence-electron chi connectivity index (χ1n) is 12.9. The van der Waals surface area contributed by atoms with Crippen molar-refractivity contribution in [2.24, 2.45) is 0 Å². The van der Waals surface area contributed by atoms with Crippen LogP contribution in [0.4, 0.5) is 4.79 Å². The Labute approximate surface area is 200 Å². The van der Waals surface area contributed by atoms with Crippen LogP contribution in [0, 0.1) is 0 Å². The molecule has 0 N–H and O–H groups in total. The molecule has 0 saturated heterocycles. The van der Waals surface area contributed by atoms with Crippen molar-refractivity contribution >= 4 is 27.6 Å². The van der Waals surface area contributed by atoms with E-state index < -0.39 is 0 Å². The predicted molar refractivity (Wildman–Crippen MR) is 141 cm³/mol. The van der Waals surface area contributed by atoms with E-state index in [-0.39, 0.29) is 18.2 Å². The second-order valence-corrected chi connectivity index (χ2v) is 9.45. The van der Waals surface area contributed by atoms with Gasteiger partial charge in [0.05, 0.1) is 0 Å². The maximum atomic E-state index is 13.4. The van der Waals surface area contributed by atoms with Gasteiger partial charge >= 0.3 is 6.09 Å². The summed E-state index contributed by atoms with van der Waals surface area (Å²) in [6, 6.07) is 19.3. The molecule has 178 valence electrons. The first-order chi connectivity index (χ1) is 16.1. The minimum atomic E-state index is -0.181. The molecule has 0 fully saturated rings. The third-order valence-electron chi connectivity index (χ3n) is 6.83. The quantitative estimate of drug-likeness (QED) is 0.205. The SMILES string of the molecule is CCCCCC(C)N(C(=O)OCc1c2ccccc2cc2ccccc12)C(C)CCCCC. The van der Waals surface area contributed by atoms with Crippen LogP contribution in [0.1, 0.15) is 84.6 Å². The Kier molecular flexibility index (Phi) is 9.60. The van der Waals surface area contributed by atoms with Crippen molar-refractivity contribution in [1.29, 1.82) is 0 Å². The molecule has 2 unspecified atom stereocenters. The van der Waals surface area contributed by atoms with Crippen LogP contribution in [-0.4, -0.2) is 23.1 Å². The molecule has 3 aromatic carbocycles. The summed E-state index contributed by atoms with van der Waals surface area (Å²) in [7, 11) is 0. The van der Waals surface area contributed by atoms with Crippen molar-refractivity contribution in [3.05, 3.63) is 60.2 Å². The maximum absolute atomic E-state index is 13.4. The summed E-state index contributed by atoms with van der Waals surface area (Å²) < 4.78 is 6.05. The van der Waals surface area contributed by atoms with Gasteiger partial charge in [0.25, 0.3) is 0 Å². The number of rotatable bonds is 12. The number of hydrogen-bond donors (Lipinski definition) is 0. The Hall–Kier alpha value is -2.55. The van der Waals surface area contributed by atoms with E-state index in [1.807, 2.05) is 4.90 Å². The number of hydrogen-bond acceptors (Lipinski definition) is 2. The fraction of sp³-hybridized carbons (Fsp3) is 0.500. The summed E-state index contributed by atoms with van der Waals surface area (Å²) in [5.74, 6) is 0. The molecule has 0 spiro atoms. The van der Waals surface area contributed by atoms with Crippen LogP contribution in [0.2, 0.25) is 0 Å². The van der Waals surface area contributed by atoms with Gasteiger partial charge in [0.1, 0.15) is 6.61 Å². The second kappa shape index (κ2) is 12.6. The zero-order chi connectivity index (χ0) is 23.6. The van der Waals surface area contributed by atoms with E-state index in [1.54, 1.807) is 0 Å². The Morgan fingerprint density at radius 2 is 1.27 bits per heavy atom. The predicted octanol–water partition coefficient (Wildman–Crippen LogP) is 8.87. The van der Waals surface area contributed by atoms with E-state index in [0.29, 0.717) is 6.61 Å². The van der Waals surface area contributed by atoms with Crippen LogP contribution in [0.5, 0.6) is 0 Å². The lowest BCUT2D eigenvalue weighted by atomic mass is 9.97. The van der Waals surface area contributed by atoms with Crippen molar-refractivity contribution < 1.29 is 9.53 Å². The number of unbranched alkanes of at least 4 members (excludes halogenated alkanes) is 4. The molecule has 0 saturated carbocycles. The number of benzene rings is 3. The summed E-state index contributed by atoms with van der Waals surface area (Å²) in [6.45, 7) is 9.10. The zero-order valence-electron chi connectivity index (χ0n) is 21.0. The third-order valence-corrected chi connectivity index (χ3v) is 6.83. The number of amides is 1. The monoisotopic (exact) mass is 447 g/mol. The molecule has 0 heterocycles. The van der Waals surface area contributed by atoms with Crippen LogP contribution < -0.4 is 0 Å². The fourth-order valence-corrected chi connectivity index (χ4v) is 4.92. The Morgan fingerprint density at radius 1 is 0.788 bits per heavy atom. The van der Waals surface area contributed by atoms with Gasteiger partial charge in [-0.1, -0.05) is 101 Å². The van der Waals surface area contributed by atoms with Gasteiger partial charge in [-0.15, -0.1) is 0 Å². The molecular formula is C30H41NO2. The highest BCUT2D eigenvalue weighted by Crippen LogP contribution is 2.29. The maximum Gasteiger partial charge on any atom is 0.410 e. The van der Waals surface area contributed by atoms with Crippen molar-refractivity contribution in [3.8, 4) is 0 Å². The Bertz CT molecular complexity index is 958. The summed E-state index contributed by atoms with van der Waals surface area (Å²) >= 11 is 0. The van der Waals surface area contributed by atoms with Gasteiger partial charge in [-0.2, -0.15) is 0 Å². The number of ether oxygens (including phenoxy) is 1. The fourth-order valence-electron chi connectivity index (χ4n) is 4.92. The molecular weight excluding hydrogens is 406 g/mol. The van der Waals surface area contributed by atoms with Crippen molar-refractivity contribution in [2.45, 2.75) is 97.8 Å². The smallest absolute Gasteiger partial charge is 0.410 e. The summed E-state index contributed by atoms with van der Waals surface area (Å²) in [5.41, 5.74) is 1.09. The molecule has 3 nitrogen and oxygen atoms in total. The molecule has 0 aliphatic carbocycles. The van der Waals surface area contributed by atoms with Gasteiger partial charge < -0.3 is 9.64 Å². The van der Waals surface area contributed by atoms with Gasteiger partial charge in [0, 0.05) is 17.6 Å². The second-order valence-electron chi connectivity index (χ2n) is 9.45. The number of fused-ring (bicyclic) bond motifs is 2.